The fourth-order valence-corrected chi connectivity index (χ4v) is 1.01. The topological polar surface area (TPSA) is 176 Å². The summed E-state index contributed by atoms with van der Waals surface area (Å²) >= 11 is 0. The molecular formula is C7H24N2O5. The molecule has 0 aromatic heterocycles. The molecule has 0 aliphatic carbocycles. The summed E-state index contributed by atoms with van der Waals surface area (Å²) in [6, 6.07) is 0. The Morgan fingerprint density at radius 3 is 2.29 bits per heavy atom. The van der Waals surface area contributed by atoms with Crippen LogP contribution in [-0.2, 0) is 9.47 Å². The Hall–Kier alpha value is -0.280. The van der Waals surface area contributed by atoms with Gasteiger partial charge in [-0.2, -0.15) is 0 Å². The quantitative estimate of drug-likeness (QED) is 0.633. The minimum atomic E-state index is -0.000139. The maximum atomic E-state index is 10.1. The van der Waals surface area contributed by atoms with Gasteiger partial charge in [0.05, 0.1) is 25.9 Å². The summed E-state index contributed by atoms with van der Waals surface area (Å²) in [6.07, 6.45) is 1.74. The molecule has 0 radical (unpaired) electrons. The molecule has 0 amide bonds. The minimum Gasteiger partial charge on any atom is -0.870 e. The second-order valence-electron chi connectivity index (χ2n) is 2.41. The predicted octanol–water partition coefficient (Wildman–Crippen LogP) is -0.707. The van der Waals surface area contributed by atoms with E-state index in [1.165, 1.54) is 0 Å². The van der Waals surface area contributed by atoms with E-state index in [1.807, 2.05) is 0 Å². The number of hydrogen-bond acceptors (Lipinski definition) is 4. The van der Waals surface area contributed by atoms with Crippen LogP contribution in [0.2, 0.25) is 0 Å². The van der Waals surface area contributed by atoms with E-state index in [9.17, 15) is 5.11 Å². The van der Waals surface area contributed by atoms with E-state index in [0.29, 0.717) is 26.2 Å². The number of quaternary nitrogens is 2. The highest BCUT2D eigenvalue weighted by molar-refractivity contribution is 4.59. The average Bonchev–Trinajstić information content (AvgIpc) is 2.03. The van der Waals surface area contributed by atoms with E-state index >= 15 is 0 Å². The first-order valence-electron chi connectivity index (χ1n) is 3.71. The molecule has 0 aromatic rings. The highest BCUT2D eigenvalue weighted by Gasteiger charge is 2.11. The minimum absolute atomic E-state index is 0. The Morgan fingerprint density at radius 1 is 1.21 bits per heavy atom. The van der Waals surface area contributed by atoms with Gasteiger partial charge in [0.2, 0.25) is 0 Å². The van der Waals surface area contributed by atoms with Crippen LogP contribution in [0, 0.1) is 0 Å². The summed E-state index contributed by atoms with van der Waals surface area (Å²) in [5.41, 5.74) is 0. The summed E-state index contributed by atoms with van der Waals surface area (Å²) in [6.45, 7) is 2.05. The fourth-order valence-electron chi connectivity index (χ4n) is 1.01. The van der Waals surface area contributed by atoms with Crippen LogP contribution in [0.5, 0.6) is 0 Å². The second-order valence-corrected chi connectivity index (χ2v) is 2.41. The van der Waals surface area contributed by atoms with Gasteiger partial charge in [-0.3, -0.25) is 0 Å². The zero-order chi connectivity index (χ0) is 7.23. The lowest BCUT2D eigenvalue weighted by Crippen LogP contribution is -2.29. The summed E-state index contributed by atoms with van der Waals surface area (Å²) in [7, 11) is 0. The van der Waals surface area contributed by atoms with Crippen molar-refractivity contribution in [1.82, 2.24) is 12.3 Å². The van der Waals surface area contributed by atoms with E-state index < -0.39 is 0 Å². The molecule has 1 fully saturated rings. The standard InChI is InChI=1S/C7H13O3.2H3N.2H2O/c8-3-1-2-7-6-9-4-5-10-7;;;;/h7H,1-6H2;2*1H3;2*1H2/q-1;;;;/p+1. The van der Waals surface area contributed by atoms with Crippen LogP contribution >= 0.6 is 0 Å². The van der Waals surface area contributed by atoms with Gasteiger partial charge in [-0.05, 0) is 6.42 Å². The van der Waals surface area contributed by atoms with Crippen LogP contribution in [0.1, 0.15) is 12.8 Å². The van der Waals surface area contributed by atoms with E-state index in [1.54, 1.807) is 0 Å². The van der Waals surface area contributed by atoms with Gasteiger partial charge >= 0.3 is 0 Å². The number of rotatable bonds is 3. The third kappa shape index (κ3) is 9.81. The average molecular weight is 216 g/mol. The van der Waals surface area contributed by atoms with E-state index in [-0.39, 0.29) is 36.0 Å². The fraction of sp³-hybridized carbons (Fsp3) is 1.00. The molecule has 1 atom stereocenters. The lowest BCUT2D eigenvalue weighted by Gasteiger charge is -2.23. The van der Waals surface area contributed by atoms with Gasteiger partial charge in [0, 0.05) is 0 Å². The van der Waals surface area contributed by atoms with Crippen LogP contribution in [0.15, 0.2) is 0 Å². The highest BCUT2D eigenvalue weighted by atomic mass is 16.6. The predicted molar refractivity (Wildman–Crippen MR) is 52.2 cm³/mol. The molecule has 1 heterocycles. The monoisotopic (exact) mass is 216 g/mol. The van der Waals surface area contributed by atoms with Crippen molar-refractivity contribution >= 4 is 0 Å². The second kappa shape index (κ2) is 15.2. The van der Waals surface area contributed by atoms with E-state index in [4.69, 9.17) is 9.47 Å². The van der Waals surface area contributed by atoms with Crippen LogP contribution in [0.4, 0.5) is 0 Å². The zero-order valence-electron chi connectivity index (χ0n) is 8.99. The van der Waals surface area contributed by atoms with Crippen molar-refractivity contribution in [3.63, 3.8) is 0 Å². The Balaban J connectivity index is -0.000000125. The van der Waals surface area contributed by atoms with Gasteiger partial charge in [-0.15, -0.1) is 6.61 Å². The van der Waals surface area contributed by atoms with Crippen molar-refractivity contribution in [2.45, 2.75) is 18.9 Å². The molecule has 14 heavy (non-hydrogen) atoms. The highest BCUT2D eigenvalue weighted by Crippen LogP contribution is 2.06. The van der Waals surface area contributed by atoms with E-state index in [0.717, 1.165) is 6.42 Å². The first-order chi connectivity index (χ1) is 4.93. The molecule has 7 heteroatoms. The maximum Gasteiger partial charge on any atom is 0.0809 e. The summed E-state index contributed by atoms with van der Waals surface area (Å²) in [5.74, 6) is 0. The van der Waals surface area contributed by atoms with Crippen molar-refractivity contribution < 1.29 is 25.5 Å². The van der Waals surface area contributed by atoms with Crippen molar-refractivity contribution in [3.05, 3.63) is 0 Å². The first kappa shape index (κ1) is 23.5. The molecule has 1 rings (SSSR count). The Bertz CT molecular complexity index is 90.1. The Labute approximate surface area is 84.2 Å². The van der Waals surface area contributed by atoms with Gasteiger partial charge in [-0.1, -0.05) is 6.42 Å². The molecule has 11 N–H and O–H groups in total. The molecule has 1 saturated heterocycles. The third-order valence-corrected chi connectivity index (χ3v) is 1.56. The SMILES string of the molecule is O.[NH4+].[NH4+].[O-]CCCC1COCCO1.[OH-]. The lowest BCUT2D eigenvalue weighted by atomic mass is 10.2. The van der Waals surface area contributed by atoms with Crippen LogP contribution in [0.25, 0.3) is 0 Å². The van der Waals surface area contributed by atoms with Crippen molar-refractivity contribution in [2.24, 2.45) is 0 Å². The van der Waals surface area contributed by atoms with Crippen molar-refractivity contribution in [2.75, 3.05) is 26.4 Å². The summed E-state index contributed by atoms with van der Waals surface area (Å²) < 4.78 is 10.5. The number of hydrogen-bond donors (Lipinski definition) is 2. The molecule has 1 aliphatic rings. The van der Waals surface area contributed by atoms with Crippen molar-refractivity contribution in [1.29, 1.82) is 0 Å². The van der Waals surface area contributed by atoms with Gasteiger partial charge in [0.1, 0.15) is 0 Å². The van der Waals surface area contributed by atoms with E-state index in [2.05, 4.69) is 0 Å². The molecule has 7 nitrogen and oxygen atoms in total. The molecule has 0 saturated carbocycles. The molecule has 0 spiro atoms. The maximum absolute atomic E-state index is 10.1. The van der Waals surface area contributed by atoms with Crippen LogP contribution in [-0.4, -0.2) is 43.5 Å². The van der Waals surface area contributed by atoms with Crippen LogP contribution in [0.3, 0.4) is 0 Å². The molecule has 92 valence electrons. The molecular weight excluding hydrogens is 192 g/mol. The number of ether oxygens (including phenoxy) is 2. The molecule has 0 bridgehead atoms. The smallest absolute Gasteiger partial charge is 0.0809 e. The van der Waals surface area contributed by atoms with Gasteiger partial charge in [0.15, 0.2) is 0 Å². The van der Waals surface area contributed by atoms with Crippen LogP contribution < -0.4 is 17.4 Å². The molecule has 1 unspecified atom stereocenters. The Kier molecular flexibility index (Phi) is 25.5. The third-order valence-electron chi connectivity index (χ3n) is 1.56. The van der Waals surface area contributed by atoms with Gasteiger partial charge in [0.25, 0.3) is 0 Å². The normalized spacial score (nSPS) is 19.1. The Morgan fingerprint density at radius 2 is 1.86 bits per heavy atom. The largest absolute Gasteiger partial charge is 0.870 e. The van der Waals surface area contributed by atoms with Gasteiger partial charge in [-0.25, -0.2) is 0 Å². The molecule has 1 aliphatic heterocycles. The molecule has 0 aromatic carbocycles. The van der Waals surface area contributed by atoms with Crippen molar-refractivity contribution in [3.8, 4) is 0 Å². The first-order valence-corrected chi connectivity index (χ1v) is 3.71. The lowest BCUT2D eigenvalue weighted by molar-refractivity contribution is -0.369. The van der Waals surface area contributed by atoms with Gasteiger partial charge < -0.3 is 37.8 Å². The summed E-state index contributed by atoms with van der Waals surface area (Å²) in [5, 5.41) is 10.1. The summed E-state index contributed by atoms with van der Waals surface area (Å²) in [4.78, 5) is 0. The zero-order valence-corrected chi connectivity index (χ0v) is 8.99.